The van der Waals surface area contributed by atoms with Gasteiger partial charge in [0, 0.05) is 0 Å². The second-order valence-electron chi connectivity index (χ2n) is 4.97. The monoisotopic (exact) mass is 236 g/mol. The molecule has 2 aromatic carbocycles. The molecule has 0 bridgehead atoms. The summed E-state index contributed by atoms with van der Waals surface area (Å²) in [6.45, 7) is 8.65. The van der Waals surface area contributed by atoms with Gasteiger partial charge in [0.05, 0.1) is 0 Å². The van der Waals surface area contributed by atoms with Gasteiger partial charge in [-0.3, -0.25) is 0 Å². The van der Waals surface area contributed by atoms with Gasteiger partial charge in [-0.15, -0.1) is 0 Å². The van der Waals surface area contributed by atoms with E-state index in [1.165, 1.54) is 33.4 Å². The van der Waals surface area contributed by atoms with E-state index in [1.807, 2.05) is 0 Å². The van der Waals surface area contributed by atoms with E-state index >= 15 is 0 Å². The summed E-state index contributed by atoms with van der Waals surface area (Å²) >= 11 is 0. The summed E-state index contributed by atoms with van der Waals surface area (Å²) in [5, 5.41) is 0. The number of aryl methyl sites for hydroxylation is 2. The second kappa shape index (κ2) is 5.22. The van der Waals surface area contributed by atoms with Gasteiger partial charge in [0.15, 0.2) is 0 Å². The van der Waals surface area contributed by atoms with Crippen molar-refractivity contribution in [3.63, 3.8) is 0 Å². The van der Waals surface area contributed by atoms with Gasteiger partial charge in [-0.25, -0.2) is 0 Å². The molecule has 0 N–H and O–H groups in total. The van der Waals surface area contributed by atoms with Crippen molar-refractivity contribution in [2.75, 3.05) is 0 Å². The molecule has 0 aliphatic rings. The Bertz CT molecular complexity index is 572. The zero-order chi connectivity index (χ0) is 13.1. The van der Waals surface area contributed by atoms with Crippen LogP contribution in [-0.2, 0) is 0 Å². The van der Waals surface area contributed by atoms with Crippen LogP contribution in [0.2, 0.25) is 0 Å². The van der Waals surface area contributed by atoms with Crippen LogP contribution < -0.4 is 0 Å². The first-order valence-electron chi connectivity index (χ1n) is 6.39. The van der Waals surface area contributed by atoms with Crippen LogP contribution in [0.3, 0.4) is 0 Å². The van der Waals surface area contributed by atoms with E-state index in [4.69, 9.17) is 0 Å². The van der Waals surface area contributed by atoms with Crippen molar-refractivity contribution in [2.45, 2.75) is 27.7 Å². The average Bonchev–Trinajstić information content (AvgIpc) is 2.37. The Morgan fingerprint density at radius 3 is 2.00 bits per heavy atom. The maximum absolute atomic E-state index is 2.20. The van der Waals surface area contributed by atoms with Gasteiger partial charge in [0.2, 0.25) is 0 Å². The lowest BCUT2D eigenvalue weighted by atomic mass is 9.98. The van der Waals surface area contributed by atoms with Crippen LogP contribution >= 0.6 is 0 Å². The van der Waals surface area contributed by atoms with E-state index in [-0.39, 0.29) is 0 Å². The molecular formula is C18H20. The third-order valence-corrected chi connectivity index (χ3v) is 3.63. The molecule has 18 heavy (non-hydrogen) atoms. The van der Waals surface area contributed by atoms with Crippen molar-refractivity contribution in [3.8, 4) is 0 Å². The number of benzene rings is 2. The highest BCUT2D eigenvalue weighted by Gasteiger charge is 2.00. The van der Waals surface area contributed by atoms with Gasteiger partial charge in [0.25, 0.3) is 0 Å². The molecule has 0 unspecified atom stereocenters. The Morgan fingerprint density at radius 2 is 1.33 bits per heavy atom. The Labute approximate surface area is 110 Å². The number of hydrogen-bond acceptors (Lipinski definition) is 0. The third-order valence-electron chi connectivity index (χ3n) is 3.63. The SMILES string of the molecule is Cc1ccc(C=Cc2ccc(C)c(C)c2C)cc1. The molecule has 0 atom stereocenters. The van der Waals surface area contributed by atoms with Crippen LogP contribution in [0.4, 0.5) is 0 Å². The lowest BCUT2D eigenvalue weighted by Gasteiger charge is -2.07. The summed E-state index contributed by atoms with van der Waals surface area (Å²) < 4.78 is 0. The average molecular weight is 236 g/mol. The molecule has 0 nitrogen and oxygen atoms in total. The summed E-state index contributed by atoms with van der Waals surface area (Å²) in [7, 11) is 0. The predicted molar refractivity (Wildman–Crippen MR) is 80.8 cm³/mol. The summed E-state index contributed by atoms with van der Waals surface area (Å²) in [5.74, 6) is 0. The quantitative estimate of drug-likeness (QED) is 0.637. The van der Waals surface area contributed by atoms with Gasteiger partial charge in [-0.1, -0.05) is 54.1 Å². The summed E-state index contributed by atoms with van der Waals surface area (Å²) in [5.41, 5.74) is 7.98. The molecule has 0 aromatic heterocycles. The van der Waals surface area contributed by atoms with E-state index in [0.29, 0.717) is 0 Å². The summed E-state index contributed by atoms with van der Waals surface area (Å²) in [6, 6.07) is 13.0. The van der Waals surface area contributed by atoms with Gasteiger partial charge in [-0.05, 0) is 55.5 Å². The van der Waals surface area contributed by atoms with E-state index in [9.17, 15) is 0 Å². The molecule has 0 heteroatoms. The van der Waals surface area contributed by atoms with Crippen molar-refractivity contribution in [3.05, 3.63) is 69.8 Å². The number of hydrogen-bond donors (Lipinski definition) is 0. The Morgan fingerprint density at radius 1 is 0.667 bits per heavy atom. The summed E-state index contributed by atoms with van der Waals surface area (Å²) in [4.78, 5) is 0. The maximum atomic E-state index is 2.20. The van der Waals surface area contributed by atoms with Crippen LogP contribution in [0, 0.1) is 27.7 Å². The highest BCUT2D eigenvalue weighted by atomic mass is 14.1. The molecule has 0 aliphatic heterocycles. The molecular weight excluding hydrogens is 216 g/mol. The van der Waals surface area contributed by atoms with Crippen LogP contribution in [0.5, 0.6) is 0 Å². The summed E-state index contributed by atoms with van der Waals surface area (Å²) in [6.07, 6.45) is 4.38. The molecule has 0 amide bonds. The first-order valence-corrected chi connectivity index (χ1v) is 6.39. The highest BCUT2D eigenvalue weighted by Crippen LogP contribution is 2.19. The highest BCUT2D eigenvalue weighted by molar-refractivity contribution is 5.72. The molecule has 0 aliphatic carbocycles. The van der Waals surface area contributed by atoms with Gasteiger partial charge in [-0.2, -0.15) is 0 Å². The Hall–Kier alpha value is -1.82. The standard InChI is InChI=1S/C18H20/c1-13-5-8-17(9-6-13)10-12-18-11-7-14(2)15(3)16(18)4/h5-12H,1-4H3. The molecule has 0 saturated carbocycles. The van der Waals surface area contributed by atoms with E-state index in [2.05, 4.69) is 76.2 Å². The smallest absolute Gasteiger partial charge is 0.0224 e. The van der Waals surface area contributed by atoms with E-state index < -0.39 is 0 Å². The Balaban J connectivity index is 2.29. The second-order valence-corrected chi connectivity index (χ2v) is 4.97. The van der Waals surface area contributed by atoms with E-state index in [0.717, 1.165) is 0 Å². The first kappa shape index (κ1) is 12.6. The fourth-order valence-corrected chi connectivity index (χ4v) is 2.02. The van der Waals surface area contributed by atoms with Crippen LogP contribution in [0.15, 0.2) is 36.4 Å². The van der Waals surface area contributed by atoms with Gasteiger partial charge in [0.1, 0.15) is 0 Å². The van der Waals surface area contributed by atoms with Crippen LogP contribution in [-0.4, -0.2) is 0 Å². The van der Waals surface area contributed by atoms with Crippen molar-refractivity contribution in [1.82, 2.24) is 0 Å². The molecule has 0 heterocycles. The fraction of sp³-hybridized carbons (Fsp3) is 0.222. The predicted octanol–water partition coefficient (Wildman–Crippen LogP) is 5.09. The van der Waals surface area contributed by atoms with Crippen LogP contribution in [0.25, 0.3) is 12.2 Å². The lowest BCUT2D eigenvalue weighted by Crippen LogP contribution is -1.89. The van der Waals surface area contributed by atoms with E-state index in [1.54, 1.807) is 0 Å². The molecule has 0 fully saturated rings. The van der Waals surface area contributed by atoms with Crippen molar-refractivity contribution >= 4 is 12.2 Å². The zero-order valence-electron chi connectivity index (χ0n) is 11.6. The molecule has 2 aromatic rings. The van der Waals surface area contributed by atoms with Gasteiger partial charge >= 0.3 is 0 Å². The minimum atomic E-state index is 1.25. The normalized spacial score (nSPS) is 11.1. The molecule has 0 radical (unpaired) electrons. The molecule has 92 valence electrons. The molecule has 0 saturated heterocycles. The third kappa shape index (κ3) is 2.70. The lowest BCUT2D eigenvalue weighted by molar-refractivity contribution is 1.26. The maximum Gasteiger partial charge on any atom is -0.0224 e. The van der Waals surface area contributed by atoms with Crippen molar-refractivity contribution in [2.24, 2.45) is 0 Å². The van der Waals surface area contributed by atoms with Crippen molar-refractivity contribution in [1.29, 1.82) is 0 Å². The Kier molecular flexibility index (Phi) is 3.66. The van der Waals surface area contributed by atoms with Gasteiger partial charge < -0.3 is 0 Å². The van der Waals surface area contributed by atoms with Crippen molar-refractivity contribution < 1.29 is 0 Å². The topological polar surface area (TPSA) is 0 Å². The zero-order valence-corrected chi connectivity index (χ0v) is 11.6. The molecule has 0 spiro atoms. The number of rotatable bonds is 2. The minimum absolute atomic E-state index is 1.25. The fourth-order valence-electron chi connectivity index (χ4n) is 2.02. The largest absolute Gasteiger partial charge is 0.0587 e. The van der Waals surface area contributed by atoms with Crippen LogP contribution in [0.1, 0.15) is 33.4 Å². The first-order chi connectivity index (χ1) is 8.58. The molecule has 2 rings (SSSR count). The minimum Gasteiger partial charge on any atom is -0.0587 e.